The monoisotopic (exact) mass is 299 g/mol. The van der Waals surface area contributed by atoms with E-state index in [1.54, 1.807) is 0 Å². The first-order chi connectivity index (χ1) is 11.3. The van der Waals surface area contributed by atoms with E-state index in [1.165, 1.54) is 11.1 Å². The highest BCUT2D eigenvalue weighted by Crippen LogP contribution is 2.34. The zero-order valence-corrected chi connectivity index (χ0v) is 13.1. The van der Waals surface area contributed by atoms with E-state index in [2.05, 4.69) is 18.9 Å². The minimum Gasteiger partial charge on any atom is -0.280 e. The summed E-state index contributed by atoms with van der Waals surface area (Å²) in [6.45, 7) is 2.11. The van der Waals surface area contributed by atoms with E-state index in [9.17, 15) is 4.79 Å². The van der Waals surface area contributed by atoms with Crippen molar-refractivity contribution in [3.63, 3.8) is 0 Å². The number of rotatable bonds is 2. The topological polar surface area (TPSA) is 22.0 Å². The molecule has 0 spiro atoms. The molecule has 0 saturated carbocycles. The van der Waals surface area contributed by atoms with E-state index in [0.29, 0.717) is 10.9 Å². The summed E-state index contributed by atoms with van der Waals surface area (Å²) in [7, 11) is 0. The van der Waals surface area contributed by atoms with Crippen molar-refractivity contribution < 1.29 is 0 Å². The number of benzene rings is 2. The van der Waals surface area contributed by atoms with Crippen molar-refractivity contribution in [3.05, 3.63) is 75.2 Å². The second kappa shape index (κ2) is 5.14. The highest BCUT2D eigenvalue weighted by atomic mass is 16.1. The van der Waals surface area contributed by atoms with Crippen LogP contribution in [0.1, 0.15) is 29.3 Å². The molecule has 0 fully saturated rings. The molecule has 0 saturated heterocycles. The minimum atomic E-state index is 0.00324. The fourth-order valence-electron chi connectivity index (χ4n) is 3.81. The fraction of sp³-hybridized carbons (Fsp3) is 0.190. The van der Waals surface area contributed by atoms with E-state index in [-0.39, 0.29) is 5.56 Å². The maximum Gasteiger partial charge on any atom is 0.264 e. The van der Waals surface area contributed by atoms with Crippen LogP contribution in [0.3, 0.4) is 0 Å². The Kier molecular flexibility index (Phi) is 3.09. The van der Waals surface area contributed by atoms with Crippen LogP contribution < -0.4 is 5.56 Å². The van der Waals surface area contributed by atoms with Crippen LogP contribution in [0.5, 0.6) is 0 Å². The van der Waals surface area contributed by atoms with E-state index in [4.69, 9.17) is 6.42 Å². The van der Waals surface area contributed by atoms with Crippen molar-refractivity contribution in [2.45, 2.75) is 26.2 Å². The maximum absolute atomic E-state index is 13.3. The third-order valence-corrected chi connectivity index (χ3v) is 4.78. The smallest absolute Gasteiger partial charge is 0.264 e. The number of aryl methyl sites for hydroxylation is 2. The summed E-state index contributed by atoms with van der Waals surface area (Å²) in [5, 5.41) is 1.81. The molecular formula is C21H17NO. The molecule has 1 aromatic heterocycles. The van der Waals surface area contributed by atoms with E-state index < -0.39 is 0 Å². The van der Waals surface area contributed by atoms with Gasteiger partial charge in [-0.1, -0.05) is 37.1 Å². The Morgan fingerprint density at radius 2 is 1.87 bits per heavy atom. The van der Waals surface area contributed by atoms with Crippen LogP contribution in [0.4, 0.5) is 0 Å². The van der Waals surface area contributed by atoms with Gasteiger partial charge in [0, 0.05) is 16.9 Å². The van der Waals surface area contributed by atoms with Gasteiger partial charge in [0.2, 0.25) is 0 Å². The maximum atomic E-state index is 13.3. The highest BCUT2D eigenvalue weighted by molar-refractivity contribution is 5.95. The molecule has 0 radical (unpaired) electrons. The Labute approximate surface area is 135 Å². The first-order valence-electron chi connectivity index (χ1n) is 8.00. The predicted octanol–water partition coefficient (Wildman–Crippen LogP) is 3.63. The Bertz CT molecular complexity index is 1020. The first kappa shape index (κ1) is 13.8. The molecule has 2 heteroatoms. The van der Waals surface area contributed by atoms with Crippen LogP contribution >= 0.6 is 0 Å². The molecule has 0 unspecified atom stereocenters. The largest absolute Gasteiger partial charge is 0.280 e. The summed E-state index contributed by atoms with van der Waals surface area (Å²) < 4.78 is 1.85. The molecule has 0 atom stereocenters. The van der Waals surface area contributed by atoms with Gasteiger partial charge in [0.25, 0.3) is 5.56 Å². The molecule has 4 rings (SSSR count). The number of para-hydroxylation sites is 1. The lowest BCUT2D eigenvalue weighted by atomic mass is 9.99. The van der Waals surface area contributed by atoms with E-state index >= 15 is 0 Å². The molecule has 0 bridgehead atoms. The third-order valence-electron chi connectivity index (χ3n) is 4.78. The Morgan fingerprint density at radius 1 is 1.09 bits per heavy atom. The van der Waals surface area contributed by atoms with Crippen LogP contribution in [-0.2, 0) is 19.3 Å². The summed E-state index contributed by atoms with van der Waals surface area (Å²) in [6, 6.07) is 13.8. The number of hydrogen-bond donors (Lipinski definition) is 0. The van der Waals surface area contributed by atoms with Gasteiger partial charge in [-0.3, -0.25) is 9.36 Å². The third kappa shape index (κ3) is 1.87. The zero-order chi connectivity index (χ0) is 16.0. The minimum absolute atomic E-state index is 0.00324. The number of nitrogens with zero attached hydrogens (tertiary/aromatic N) is 1. The zero-order valence-electron chi connectivity index (χ0n) is 13.1. The molecule has 0 amide bonds. The molecule has 2 nitrogen and oxygen atoms in total. The molecule has 2 aromatic carbocycles. The fourth-order valence-corrected chi connectivity index (χ4v) is 3.81. The number of terminal acetylenes is 1. The lowest BCUT2D eigenvalue weighted by Gasteiger charge is -2.17. The average molecular weight is 299 g/mol. The molecule has 3 aromatic rings. The summed E-state index contributed by atoms with van der Waals surface area (Å²) in [5.74, 6) is 2.70. The molecular weight excluding hydrogens is 282 g/mol. The van der Waals surface area contributed by atoms with Gasteiger partial charge < -0.3 is 0 Å². The van der Waals surface area contributed by atoms with Gasteiger partial charge in [0.05, 0.1) is 5.39 Å². The number of aromatic nitrogens is 1. The molecule has 1 aliphatic rings. The second-order valence-electron chi connectivity index (χ2n) is 5.92. The summed E-state index contributed by atoms with van der Waals surface area (Å²) in [6.07, 6.45) is 8.47. The van der Waals surface area contributed by atoms with Gasteiger partial charge in [0.1, 0.15) is 0 Å². The standard InChI is InChI=1S/C21H17NO/c1-3-14-10-11-15-12-13-17-18(4-2)22(16-8-6-5-7-9-16)21(23)20(14)19(15)17/h1,5-11H,4,12-13H2,2H3. The Hall–Kier alpha value is -2.79. The van der Waals surface area contributed by atoms with Gasteiger partial charge in [-0.2, -0.15) is 0 Å². The quantitative estimate of drug-likeness (QED) is 0.662. The van der Waals surface area contributed by atoms with Crippen LogP contribution in [0.25, 0.3) is 16.5 Å². The summed E-state index contributed by atoms with van der Waals surface area (Å²) in [4.78, 5) is 13.3. The SMILES string of the molecule is C#Cc1ccc2c3c(c(CC)n(-c4ccccc4)c(=O)c13)CC2. The van der Waals surface area contributed by atoms with Crippen LogP contribution in [0.15, 0.2) is 47.3 Å². The van der Waals surface area contributed by atoms with Crippen LogP contribution in [0.2, 0.25) is 0 Å². The predicted molar refractivity (Wildman–Crippen MR) is 94.3 cm³/mol. The lowest BCUT2D eigenvalue weighted by molar-refractivity contribution is 0.855. The lowest BCUT2D eigenvalue weighted by Crippen LogP contribution is -2.24. The molecule has 1 heterocycles. The molecule has 0 aliphatic heterocycles. The van der Waals surface area contributed by atoms with E-state index in [1.807, 2.05) is 41.0 Å². The molecule has 0 N–H and O–H groups in total. The second-order valence-corrected chi connectivity index (χ2v) is 5.92. The van der Waals surface area contributed by atoms with E-state index in [0.717, 1.165) is 36.0 Å². The molecule has 23 heavy (non-hydrogen) atoms. The Morgan fingerprint density at radius 3 is 2.57 bits per heavy atom. The molecule has 112 valence electrons. The van der Waals surface area contributed by atoms with Crippen molar-refractivity contribution in [2.75, 3.05) is 0 Å². The first-order valence-corrected chi connectivity index (χ1v) is 8.00. The van der Waals surface area contributed by atoms with Crippen LogP contribution in [0, 0.1) is 12.3 Å². The van der Waals surface area contributed by atoms with Crippen molar-refractivity contribution in [1.29, 1.82) is 0 Å². The summed E-state index contributed by atoms with van der Waals surface area (Å²) >= 11 is 0. The van der Waals surface area contributed by atoms with Crippen molar-refractivity contribution >= 4 is 10.8 Å². The molecule has 1 aliphatic carbocycles. The highest BCUT2D eigenvalue weighted by Gasteiger charge is 2.24. The van der Waals surface area contributed by atoms with Crippen LogP contribution in [-0.4, -0.2) is 4.57 Å². The van der Waals surface area contributed by atoms with Gasteiger partial charge in [-0.25, -0.2) is 0 Å². The number of hydrogen-bond acceptors (Lipinski definition) is 1. The normalized spacial score (nSPS) is 12.5. The van der Waals surface area contributed by atoms with Gasteiger partial charge >= 0.3 is 0 Å². The Balaban J connectivity index is 2.25. The van der Waals surface area contributed by atoms with Crippen molar-refractivity contribution in [2.24, 2.45) is 0 Å². The van der Waals surface area contributed by atoms with Crippen molar-refractivity contribution in [3.8, 4) is 18.0 Å². The van der Waals surface area contributed by atoms with Gasteiger partial charge in [-0.05, 0) is 54.0 Å². The van der Waals surface area contributed by atoms with Gasteiger partial charge in [-0.15, -0.1) is 6.42 Å². The average Bonchev–Trinajstić information content (AvgIpc) is 3.02. The van der Waals surface area contributed by atoms with Crippen molar-refractivity contribution in [1.82, 2.24) is 4.57 Å². The number of pyridine rings is 1. The summed E-state index contributed by atoms with van der Waals surface area (Å²) in [5.41, 5.74) is 5.26. The van der Waals surface area contributed by atoms with Gasteiger partial charge in [0.15, 0.2) is 0 Å².